The second-order valence-corrected chi connectivity index (χ2v) is 12.2. The molecule has 1 aliphatic carbocycles. The van der Waals surface area contributed by atoms with Crippen molar-refractivity contribution in [1.29, 1.82) is 0 Å². The normalized spacial score (nSPS) is 14.3. The topological polar surface area (TPSA) is 35.5 Å². The molecule has 6 rings (SSSR count). The Bertz CT molecular complexity index is 1590. The minimum Gasteiger partial charge on any atom is -0.482 e. The van der Waals surface area contributed by atoms with Crippen molar-refractivity contribution in [2.75, 3.05) is 6.61 Å². The van der Waals surface area contributed by atoms with Gasteiger partial charge in [0, 0.05) is 5.56 Å². The van der Waals surface area contributed by atoms with Crippen LogP contribution < -0.4 is 4.74 Å². The van der Waals surface area contributed by atoms with Crippen molar-refractivity contribution in [3.05, 3.63) is 132 Å². The van der Waals surface area contributed by atoms with Gasteiger partial charge in [-0.1, -0.05) is 42.5 Å². The Kier molecular flexibility index (Phi) is 7.75. The molecule has 41 heavy (non-hydrogen) atoms. The summed E-state index contributed by atoms with van der Waals surface area (Å²) in [4.78, 5) is 15.9. The smallest absolute Gasteiger partial charge is 0.345 e. The fourth-order valence-corrected chi connectivity index (χ4v) is 7.65. The number of rotatable bonds is 8. The van der Waals surface area contributed by atoms with Crippen LogP contribution in [0.3, 0.4) is 0 Å². The molecule has 1 saturated carbocycles. The molecule has 0 amide bonds. The van der Waals surface area contributed by atoms with Crippen LogP contribution in [0, 0.1) is 11.6 Å². The molecule has 0 aliphatic heterocycles. The number of hydrogen-bond acceptors (Lipinski definition) is 3. The highest BCUT2D eigenvalue weighted by atomic mass is 32.2. The van der Waals surface area contributed by atoms with Gasteiger partial charge in [0.25, 0.3) is 0 Å². The Balaban J connectivity index is 1.18. The van der Waals surface area contributed by atoms with Crippen molar-refractivity contribution >= 4 is 27.6 Å². The monoisotopic (exact) mass is 567 g/mol. The SMILES string of the molecule is O=C(COc1ccc([S+](c2ccc(F)cc2)c2ccc(F)cc2)cc1)OC1(c2cccc3ccccc23)CCCC1. The van der Waals surface area contributed by atoms with E-state index in [1.807, 2.05) is 42.5 Å². The van der Waals surface area contributed by atoms with Crippen molar-refractivity contribution < 1.29 is 23.0 Å². The zero-order valence-corrected chi connectivity index (χ0v) is 23.2. The first-order chi connectivity index (χ1) is 20.0. The van der Waals surface area contributed by atoms with Crippen LogP contribution in [0.5, 0.6) is 5.75 Å². The lowest BCUT2D eigenvalue weighted by molar-refractivity contribution is -0.163. The number of ether oxygens (including phenoxy) is 2. The van der Waals surface area contributed by atoms with Crippen molar-refractivity contribution in [1.82, 2.24) is 0 Å². The number of benzene rings is 5. The van der Waals surface area contributed by atoms with Crippen LogP contribution >= 0.6 is 0 Å². The Morgan fingerprint density at radius 1 is 0.683 bits per heavy atom. The molecule has 0 N–H and O–H groups in total. The lowest BCUT2D eigenvalue weighted by Gasteiger charge is -2.31. The molecular weight excluding hydrogens is 538 g/mol. The number of carbonyl (C=O) groups is 1. The minimum atomic E-state index is -0.649. The van der Waals surface area contributed by atoms with E-state index in [0.29, 0.717) is 5.75 Å². The quantitative estimate of drug-likeness (QED) is 0.139. The highest BCUT2D eigenvalue weighted by Crippen LogP contribution is 2.45. The molecule has 0 atom stereocenters. The molecule has 0 radical (unpaired) electrons. The molecule has 0 saturated heterocycles. The van der Waals surface area contributed by atoms with Crippen molar-refractivity contribution in [2.24, 2.45) is 0 Å². The third kappa shape index (κ3) is 5.84. The van der Waals surface area contributed by atoms with Crippen LogP contribution in [-0.4, -0.2) is 12.6 Å². The average Bonchev–Trinajstić information content (AvgIpc) is 3.48. The lowest BCUT2D eigenvalue weighted by Crippen LogP contribution is -2.32. The summed E-state index contributed by atoms with van der Waals surface area (Å²) in [6.45, 7) is -0.201. The van der Waals surface area contributed by atoms with E-state index >= 15 is 0 Å². The molecule has 6 heteroatoms. The van der Waals surface area contributed by atoms with E-state index in [4.69, 9.17) is 9.47 Å². The van der Waals surface area contributed by atoms with Gasteiger partial charge in [-0.3, -0.25) is 0 Å². The van der Waals surface area contributed by atoms with Gasteiger partial charge in [-0.15, -0.1) is 0 Å². The van der Waals surface area contributed by atoms with E-state index in [1.54, 1.807) is 24.3 Å². The number of carbonyl (C=O) groups excluding carboxylic acids is 1. The van der Waals surface area contributed by atoms with Crippen molar-refractivity contribution in [2.45, 2.75) is 46.0 Å². The number of esters is 1. The van der Waals surface area contributed by atoms with Crippen molar-refractivity contribution in [3.8, 4) is 5.75 Å². The summed E-state index contributed by atoms with van der Waals surface area (Å²) < 4.78 is 39.3. The molecule has 5 aromatic carbocycles. The van der Waals surface area contributed by atoms with Gasteiger partial charge in [-0.25, -0.2) is 13.6 Å². The number of fused-ring (bicyclic) bond motifs is 1. The van der Waals surface area contributed by atoms with E-state index in [0.717, 1.165) is 56.7 Å². The summed E-state index contributed by atoms with van der Waals surface area (Å²) in [5.41, 5.74) is 0.406. The zero-order valence-electron chi connectivity index (χ0n) is 22.4. The molecule has 0 aromatic heterocycles. The zero-order chi connectivity index (χ0) is 28.2. The van der Waals surface area contributed by atoms with Gasteiger partial charge < -0.3 is 9.47 Å². The van der Waals surface area contributed by atoms with Crippen LogP contribution in [0.4, 0.5) is 8.78 Å². The lowest BCUT2D eigenvalue weighted by atomic mass is 9.87. The van der Waals surface area contributed by atoms with Crippen LogP contribution in [-0.2, 0) is 26.0 Å². The third-order valence-corrected chi connectivity index (χ3v) is 9.75. The number of halogens is 2. The van der Waals surface area contributed by atoms with Crippen molar-refractivity contribution in [3.63, 3.8) is 0 Å². The Morgan fingerprint density at radius 2 is 1.22 bits per heavy atom. The van der Waals surface area contributed by atoms with E-state index < -0.39 is 22.5 Å². The van der Waals surface area contributed by atoms with Gasteiger partial charge in [0.2, 0.25) is 0 Å². The van der Waals surface area contributed by atoms with Crippen LogP contribution in [0.1, 0.15) is 31.2 Å². The molecule has 1 aliphatic rings. The molecule has 206 valence electrons. The molecule has 5 aromatic rings. The molecule has 0 heterocycles. The first-order valence-corrected chi connectivity index (χ1v) is 14.9. The highest BCUT2D eigenvalue weighted by molar-refractivity contribution is 7.97. The van der Waals surface area contributed by atoms with E-state index in [9.17, 15) is 13.6 Å². The molecule has 0 spiro atoms. The summed E-state index contributed by atoms with van der Waals surface area (Å²) in [5, 5.41) is 2.24. The fourth-order valence-electron chi connectivity index (χ4n) is 5.61. The van der Waals surface area contributed by atoms with Crippen LogP contribution in [0.25, 0.3) is 10.8 Å². The maximum Gasteiger partial charge on any atom is 0.345 e. The summed E-state index contributed by atoms with van der Waals surface area (Å²) in [5.74, 6) is -0.488. The Labute approximate surface area is 241 Å². The molecule has 0 unspecified atom stereocenters. The fraction of sp³-hybridized carbons (Fsp3) is 0.171. The predicted octanol–water partition coefficient (Wildman–Crippen LogP) is 8.60. The second kappa shape index (κ2) is 11.8. The van der Waals surface area contributed by atoms with Gasteiger partial charge >= 0.3 is 5.97 Å². The Morgan fingerprint density at radius 3 is 1.83 bits per heavy atom. The van der Waals surface area contributed by atoms with Gasteiger partial charge in [0.05, 0.1) is 10.9 Å². The highest BCUT2D eigenvalue weighted by Gasteiger charge is 2.40. The van der Waals surface area contributed by atoms with Gasteiger partial charge in [-0.2, -0.15) is 0 Å². The standard InChI is InChI=1S/C35H29F2O3S/c36-26-10-16-29(17-11-26)41(30-18-12-27(37)13-19-30)31-20-14-28(15-21-31)39-24-34(38)40-35(22-3-4-23-35)33-9-5-7-25-6-1-2-8-32(25)33/h1-2,5-21H,3-4,22-24H2/q+1. The molecule has 1 fully saturated rings. The molecule has 0 bridgehead atoms. The van der Waals surface area contributed by atoms with Crippen LogP contribution in [0.2, 0.25) is 0 Å². The maximum absolute atomic E-state index is 13.6. The largest absolute Gasteiger partial charge is 0.482 e. The van der Waals surface area contributed by atoms with Gasteiger partial charge in [0.15, 0.2) is 21.3 Å². The molecular formula is C35H29F2O3S+. The van der Waals surface area contributed by atoms with Gasteiger partial charge in [0.1, 0.15) is 23.0 Å². The van der Waals surface area contributed by atoms with Crippen LogP contribution in [0.15, 0.2) is 130 Å². The molecule has 3 nitrogen and oxygen atoms in total. The first kappa shape index (κ1) is 27.0. The second-order valence-electron chi connectivity index (χ2n) is 10.2. The Hall–Kier alpha value is -4.16. The average molecular weight is 568 g/mol. The first-order valence-electron chi connectivity index (χ1n) is 13.7. The number of hydrogen-bond donors (Lipinski definition) is 0. The van der Waals surface area contributed by atoms with Gasteiger partial charge in [-0.05, 0) is 109 Å². The van der Waals surface area contributed by atoms with E-state index in [1.165, 1.54) is 24.3 Å². The summed E-state index contributed by atoms with van der Waals surface area (Å²) in [7, 11) is -0.575. The predicted molar refractivity (Wildman–Crippen MR) is 157 cm³/mol. The van der Waals surface area contributed by atoms with E-state index in [-0.39, 0.29) is 18.2 Å². The minimum absolute atomic E-state index is 0.201. The maximum atomic E-state index is 13.6. The third-order valence-electron chi connectivity index (χ3n) is 7.52. The summed E-state index contributed by atoms with van der Waals surface area (Å²) in [6.07, 6.45) is 3.58. The summed E-state index contributed by atoms with van der Waals surface area (Å²) in [6, 6.07) is 34.5. The van der Waals surface area contributed by atoms with E-state index in [2.05, 4.69) is 24.3 Å². The summed E-state index contributed by atoms with van der Waals surface area (Å²) >= 11 is 0.